The molecule has 1 amide bonds. The third-order valence-corrected chi connectivity index (χ3v) is 4.04. The van der Waals surface area contributed by atoms with Crippen molar-refractivity contribution in [2.45, 2.75) is 6.92 Å². The van der Waals surface area contributed by atoms with Crippen LogP contribution in [-0.4, -0.2) is 30.6 Å². The Morgan fingerprint density at radius 3 is 2.34 bits per heavy atom. The van der Waals surface area contributed by atoms with Gasteiger partial charge < -0.3 is 20.1 Å². The van der Waals surface area contributed by atoms with Crippen molar-refractivity contribution in [3.8, 4) is 5.75 Å². The highest BCUT2D eigenvalue weighted by Crippen LogP contribution is 2.24. The standard InChI is InChI=1S/C22H21N3O4/c1-3-29-19-7-5-4-6-18(19)25-21(26)16-10-13-20(23-14-16)24-17-11-8-15(9-12-17)22(27)28-2/h4-14H,3H2,1-2H3,(H,23,24)(H,25,26). The first kappa shape index (κ1) is 19.9. The van der Waals surface area contributed by atoms with E-state index in [0.29, 0.717) is 35.0 Å². The van der Waals surface area contributed by atoms with Crippen molar-refractivity contribution in [3.05, 3.63) is 78.0 Å². The van der Waals surface area contributed by atoms with Gasteiger partial charge in [-0.1, -0.05) is 12.1 Å². The van der Waals surface area contributed by atoms with E-state index in [1.165, 1.54) is 13.3 Å². The third kappa shape index (κ3) is 5.10. The first-order valence-electron chi connectivity index (χ1n) is 9.05. The van der Waals surface area contributed by atoms with Crippen LogP contribution in [0.25, 0.3) is 0 Å². The number of pyridine rings is 1. The highest BCUT2D eigenvalue weighted by molar-refractivity contribution is 6.04. The van der Waals surface area contributed by atoms with Gasteiger partial charge in [0.25, 0.3) is 5.91 Å². The summed E-state index contributed by atoms with van der Waals surface area (Å²) in [5.41, 5.74) is 2.24. The van der Waals surface area contributed by atoms with Gasteiger partial charge >= 0.3 is 5.97 Å². The van der Waals surface area contributed by atoms with E-state index < -0.39 is 5.97 Å². The summed E-state index contributed by atoms with van der Waals surface area (Å²) in [6, 6.07) is 17.5. The molecule has 0 aliphatic heterocycles. The van der Waals surface area contributed by atoms with Crippen LogP contribution in [0.3, 0.4) is 0 Å². The molecule has 0 saturated heterocycles. The van der Waals surface area contributed by atoms with Crippen LogP contribution in [0.1, 0.15) is 27.6 Å². The van der Waals surface area contributed by atoms with Gasteiger partial charge in [-0.3, -0.25) is 4.79 Å². The number of carbonyl (C=O) groups excluding carboxylic acids is 2. The Kier molecular flexibility index (Phi) is 6.42. The number of amides is 1. The highest BCUT2D eigenvalue weighted by Gasteiger charge is 2.10. The average molecular weight is 391 g/mol. The Morgan fingerprint density at radius 2 is 1.69 bits per heavy atom. The second-order valence-corrected chi connectivity index (χ2v) is 6.01. The van der Waals surface area contributed by atoms with Gasteiger partial charge in [-0.05, 0) is 55.5 Å². The molecule has 29 heavy (non-hydrogen) atoms. The summed E-state index contributed by atoms with van der Waals surface area (Å²) in [5.74, 6) is 0.515. The van der Waals surface area contributed by atoms with Crippen molar-refractivity contribution >= 4 is 29.1 Å². The molecule has 0 aliphatic rings. The number of para-hydroxylation sites is 2. The molecule has 0 bridgehead atoms. The van der Waals surface area contributed by atoms with Crippen molar-refractivity contribution in [3.63, 3.8) is 0 Å². The van der Waals surface area contributed by atoms with Crippen LogP contribution in [-0.2, 0) is 4.74 Å². The molecule has 0 unspecified atom stereocenters. The summed E-state index contributed by atoms with van der Waals surface area (Å²) in [6.07, 6.45) is 1.49. The lowest BCUT2D eigenvalue weighted by Crippen LogP contribution is -2.13. The first-order chi connectivity index (χ1) is 14.1. The van der Waals surface area contributed by atoms with Crippen LogP contribution in [0.15, 0.2) is 66.9 Å². The molecule has 3 rings (SSSR count). The number of esters is 1. The van der Waals surface area contributed by atoms with Crippen LogP contribution < -0.4 is 15.4 Å². The second kappa shape index (κ2) is 9.36. The highest BCUT2D eigenvalue weighted by atomic mass is 16.5. The SMILES string of the molecule is CCOc1ccccc1NC(=O)c1ccc(Nc2ccc(C(=O)OC)cc2)nc1. The zero-order chi connectivity index (χ0) is 20.6. The smallest absolute Gasteiger partial charge is 0.337 e. The van der Waals surface area contributed by atoms with Crippen molar-refractivity contribution in [1.29, 1.82) is 0 Å². The summed E-state index contributed by atoms with van der Waals surface area (Å²) >= 11 is 0. The molecule has 0 spiro atoms. The van der Waals surface area contributed by atoms with E-state index >= 15 is 0 Å². The molecule has 2 aromatic carbocycles. The molecule has 148 valence electrons. The van der Waals surface area contributed by atoms with Crippen LogP contribution in [0.5, 0.6) is 5.75 Å². The Labute approximate surface area is 168 Å². The molecule has 0 aliphatic carbocycles. The van der Waals surface area contributed by atoms with E-state index in [-0.39, 0.29) is 5.91 Å². The number of nitrogens with one attached hydrogen (secondary N) is 2. The van der Waals surface area contributed by atoms with Gasteiger partial charge in [0.2, 0.25) is 0 Å². The number of aromatic nitrogens is 1. The van der Waals surface area contributed by atoms with E-state index in [9.17, 15) is 9.59 Å². The lowest BCUT2D eigenvalue weighted by Gasteiger charge is -2.11. The van der Waals surface area contributed by atoms with E-state index in [1.807, 2.05) is 19.1 Å². The molecular formula is C22H21N3O4. The summed E-state index contributed by atoms with van der Waals surface area (Å²) < 4.78 is 10.2. The summed E-state index contributed by atoms with van der Waals surface area (Å²) in [4.78, 5) is 28.2. The quantitative estimate of drug-likeness (QED) is 0.585. The molecule has 0 atom stereocenters. The maximum Gasteiger partial charge on any atom is 0.337 e. The van der Waals surface area contributed by atoms with Gasteiger partial charge in [0.05, 0.1) is 30.5 Å². The molecular weight excluding hydrogens is 370 g/mol. The van der Waals surface area contributed by atoms with Gasteiger partial charge in [-0.2, -0.15) is 0 Å². The maximum absolute atomic E-state index is 12.5. The Morgan fingerprint density at radius 1 is 0.966 bits per heavy atom. The Bertz CT molecular complexity index is 986. The molecule has 7 nitrogen and oxygen atoms in total. The van der Waals surface area contributed by atoms with Crippen molar-refractivity contribution in [2.24, 2.45) is 0 Å². The van der Waals surface area contributed by atoms with Gasteiger partial charge in [0, 0.05) is 11.9 Å². The number of nitrogens with zero attached hydrogens (tertiary/aromatic N) is 1. The lowest BCUT2D eigenvalue weighted by molar-refractivity contribution is 0.0600. The zero-order valence-electron chi connectivity index (χ0n) is 16.1. The minimum atomic E-state index is -0.393. The predicted molar refractivity (Wildman–Crippen MR) is 111 cm³/mol. The third-order valence-electron chi connectivity index (χ3n) is 4.04. The number of hydrogen-bond acceptors (Lipinski definition) is 6. The van der Waals surface area contributed by atoms with Gasteiger partial charge in [0.15, 0.2) is 0 Å². The van der Waals surface area contributed by atoms with Crippen molar-refractivity contribution in [1.82, 2.24) is 4.98 Å². The topological polar surface area (TPSA) is 89.6 Å². The van der Waals surface area contributed by atoms with Crippen molar-refractivity contribution in [2.75, 3.05) is 24.4 Å². The van der Waals surface area contributed by atoms with Gasteiger partial charge in [-0.25, -0.2) is 9.78 Å². The number of carbonyl (C=O) groups is 2. The molecule has 3 aromatic rings. The first-order valence-corrected chi connectivity index (χ1v) is 9.05. The average Bonchev–Trinajstić information content (AvgIpc) is 2.76. The number of hydrogen-bond donors (Lipinski definition) is 2. The monoisotopic (exact) mass is 391 g/mol. The van der Waals surface area contributed by atoms with E-state index in [0.717, 1.165) is 5.69 Å². The summed E-state index contributed by atoms with van der Waals surface area (Å²) in [5, 5.41) is 5.95. The summed E-state index contributed by atoms with van der Waals surface area (Å²) in [6.45, 7) is 2.40. The molecule has 0 saturated carbocycles. The van der Waals surface area contributed by atoms with E-state index in [2.05, 4.69) is 20.4 Å². The van der Waals surface area contributed by atoms with E-state index in [1.54, 1.807) is 48.5 Å². The van der Waals surface area contributed by atoms with Crippen LogP contribution in [0, 0.1) is 0 Å². The number of anilines is 3. The number of ether oxygens (including phenoxy) is 2. The molecule has 0 radical (unpaired) electrons. The normalized spacial score (nSPS) is 10.1. The number of methoxy groups -OCH3 is 1. The van der Waals surface area contributed by atoms with Crippen LogP contribution in [0.2, 0.25) is 0 Å². The largest absolute Gasteiger partial charge is 0.492 e. The second-order valence-electron chi connectivity index (χ2n) is 6.01. The fourth-order valence-electron chi connectivity index (χ4n) is 2.60. The fraction of sp³-hybridized carbons (Fsp3) is 0.136. The van der Waals surface area contributed by atoms with Gasteiger partial charge in [0.1, 0.15) is 11.6 Å². The maximum atomic E-state index is 12.5. The lowest BCUT2D eigenvalue weighted by atomic mass is 10.2. The number of rotatable bonds is 7. The van der Waals surface area contributed by atoms with Gasteiger partial charge in [-0.15, -0.1) is 0 Å². The summed E-state index contributed by atoms with van der Waals surface area (Å²) in [7, 11) is 1.34. The Hall–Kier alpha value is -3.87. The van der Waals surface area contributed by atoms with Crippen molar-refractivity contribution < 1.29 is 19.1 Å². The molecule has 1 aromatic heterocycles. The molecule has 7 heteroatoms. The predicted octanol–water partition coefficient (Wildman–Crippen LogP) is 4.26. The van der Waals surface area contributed by atoms with Crippen LogP contribution >= 0.6 is 0 Å². The Balaban J connectivity index is 1.65. The van der Waals surface area contributed by atoms with Crippen LogP contribution in [0.4, 0.5) is 17.2 Å². The minimum absolute atomic E-state index is 0.279. The molecule has 0 fully saturated rings. The molecule has 1 heterocycles. The number of benzene rings is 2. The molecule has 2 N–H and O–H groups in total. The van der Waals surface area contributed by atoms with E-state index in [4.69, 9.17) is 4.74 Å². The zero-order valence-corrected chi connectivity index (χ0v) is 16.1. The minimum Gasteiger partial charge on any atom is -0.492 e. The fourth-order valence-corrected chi connectivity index (χ4v) is 2.60.